The maximum Gasteiger partial charge on any atom is 0.119 e. The molecule has 1 N–H and O–H groups in total. The smallest absolute Gasteiger partial charge is 0.119 e. The largest absolute Gasteiger partial charge is 0.497 e. The van der Waals surface area contributed by atoms with Gasteiger partial charge in [-0.1, -0.05) is 65.7 Å². The van der Waals surface area contributed by atoms with E-state index in [0.717, 1.165) is 25.1 Å². The number of nitrogens with one attached hydrogen (secondary N) is 1. The number of hydrogen-bond acceptors (Lipinski definition) is 2. The third-order valence-corrected chi connectivity index (χ3v) is 6.26. The van der Waals surface area contributed by atoms with Gasteiger partial charge in [0.25, 0.3) is 0 Å². The van der Waals surface area contributed by atoms with E-state index in [1.807, 2.05) is 24.3 Å². The second kappa shape index (κ2) is 8.57. The van der Waals surface area contributed by atoms with Gasteiger partial charge in [0.05, 0.1) is 17.2 Å². The molecule has 0 aliphatic heterocycles. The highest BCUT2D eigenvalue weighted by Gasteiger charge is 2.28. The molecule has 0 aromatic heterocycles. The van der Waals surface area contributed by atoms with E-state index in [-0.39, 0.29) is 0 Å². The van der Waals surface area contributed by atoms with Gasteiger partial charge in [-0.05, 0) is 59.4 Å². The van der Waals surface area contributed by atoms with Crippen LogP contribution in [0.1, 0.15) is 47.1 Å². The fourth-order valence-corrected chi connectivity index (χ4v) is 4.41. The summed E-state index contributed by atoms with van der Waals surface area (Å²) in [5.41, 5.74) is 5.19. The Labute approximate surface area is 176 Å². The minimum Gasteiger partial charge on any atom is -0.497 e. The lowest BCUT2D eigenvalue weighted by Gasteiger charge is -2.33. The zero-order valence-corrected chi connectivity index (χ0v) is 17.3. The molecule has 2 atom stereocenters. The van der Waals surface area contributed by atoms with Crippen LogP contribution in [0.4, 0.5) is 0 Å². The lowest BCUT2D eigenvalue weighted by Crippen LogP contribution is -2.26. The van der Waals surface area contributed by atoms with Crippen molar-refractivity contribution in [2.45, 2.75) is 31.3 Å². The number of fused-ring (bicyclic) bond motifs is 1. The van der Waals surface area contributed by atoms with Gasteiger partial charge >= 0.3 is 0 Å². The highest BCUT2D eigenvalue weighted by Crippen LogP contribution is 2.42. The fraction of sp³-hybridized carbons (Fsp3) is 0.250. The average molecular weight is 412 g/mol. The minimum absolute atomic E-state index is 0.335. The third-order valence-electron chi connectivity index (χ3n) is 5.52. The van der Waals surface area contributed by atoms with Crippen LogP contribution in [-0.4, -0.2) is 7.11 Å². The average Bonchev–Trinajstić information content (AvgIpc) is 2.74. The van der Waals surface area contributed by atoms with Gasteiger partial charge in [0.2, 0.25) is 0 Å². The van der Waals surface area contributed by atoms with Crippen LogP contribution in [0, 0.1) is 0 Å². The standard InChI is InChI=1S/C24H23Cl2NO/c1-28-18-6-4-5-16(13-18)15-27-24-12-10-19(20-7-2-3-8-21(20)24)17-9-11-22(25)23(26)14-17/h2-9,11,13-14,19,24,27H,10,12,15H2,1H3/t19-,24+/m0/s1. The maximum absolute atomic E-state index is 6.28. The number of ether oxygens (including phenoxy) is 1. The zero-order chi connectivity index (χ0) is 19.5. The van der Waals surface area contributed by atoms with Gasteiger partial charge < -0.3 is 10.1 Å². The first-order valence-corrected chi connectivity index (χ1v) is 10.3. The molecule has 4 heteroatoms. The highest BCUT2D eigenvalue weighted by atomic mass is 35.5. The predicted molar refractivity (Wildman–Crippen MR) is 117 cm³/mol. The van der Waals surface area contributed by atoms with E-state index < -0.39 is 0 Å². The first-order valence-electron chi connectivity index (χ1n) is 9.56. The van der Waals surface area contributed by atoms with E-state index in [9.17, 15) is 0 Å². The summed E-state index contributed by atoms with van der Waals surface area (Å²) in [4.78, 5) is 0. The van der Waals surface area contributed by atoms with Crippen molar-refractivity contribution >= 4 is 23.2 Å². The second-order valence-electron chi connectivity index (χ2n) is 7.22. The molecule has 0 bridgehead atoms. The van der Waals surface area contributed by atoms with E-state index in [2.05, 4.69) is 47.8 Å². The molecule has 0 saturated heterocycles. The molecule has 3 aromatic rings. The van der Waals surface area contributed by atoms with Crippen LogP contribution in [0.5, 0.6) is 5.75 Å². The Morgan fingerprint density at radius 3 is 2.50 bits per heavy atom. The molecule has 0 heterocycles. The summed E-state index contributed by atoms with van der Waals surface area (Å²) in [7, 11) is 1.70. The Hall–Kier alpha value is -2.00. The van der Waals surface area contributed by atoms with Gasteiger partial charge in [0.1, 0.15) is 5.75 Å². The van der Waals surface area contributed by atoms with Gasteiger partial charge in [-0.15, -0.1) is 0 Å². The predicted octanol–water partition coefficient (Wildman–Crippen LogP) is 6.76. The SMILES string of the molecule is COc1cccc(CN[C@@H]2CC[C@@H](c3ccc(Cl)c(Cl)c3)c3ccccc32)c1. The molecule has 28 heavy (non-hydrogen) atoms. The van der Waals surface area contributed by atoms with Crippen molar-refractivity contribution in [2.24, 2.45) is 0 Å². The van der Waals surface area contributed by atoms with Crippen LogP contribution in [0.3, 0.4) is 0 Å². The normalized spacial score (nSPS) is 18.5. The summed E-state index contributed by atoms with van der Waals surface area (Å²) in [6.07, 6.45) is 2.15. The molecule has 144 valence electrons. The topological polar surface area (TPSA) is 21.3 Å². The monoisotopic (exact) mass is 411 g/mol. The van der Waals surface area contributed by atoms with Crippen molar-refractivity contribution in [1.29, 1.82) is 0 Å². The van der Waals surface area contributed by atoms with E-state index in [4.69, 9.17) is 27.9 Å². The first-order chi connectivity index (χ1) is 13.7. The molecule has 3 aromatic carbocycles. The lowest BCUT2D eigenvalue weighted by molar-refractivity contribution is 0.412. The van der Waals surface area contributed by atoms with Gasteiger partial charge in [-0.3, -0.25) is 0 Å². The molecule has 0 unspecified atom stereocenters. The van der Waals surface area contributed by atoms with Gasteiger partial charge in [0, 0.05) is 18.5 Å². The van der Waals surface area contributed by atoms with Crippen LogP contribution in [-0.2, 0) is 6.54 Å². The summed E-state index contributed by atoms with van der Waals surface area (Å²) in [6, 6.07) is 23.3. The molecule has 0 radical (unpaired) electrons. The third kappa shape index (κ3) is 4.05. The van der Waals surface area contributed by atoms with E-state index >= 15 is 0 Å². The second-order valence-corrected chi connectivity index (χ2v) is 8.03. The number of halogens is 2. The Bertz CT molecular complexity index is 972. The molecular formula is C24H23Cl2NO. The number of hydrogen-bond donors (Lipinski definition) is 1. The van der Waals surface area contributed by atoms with E-state index in [1.165, 1.54) is 22.3 Å². The summed E-state index contributed by atoms with van der Waals surface area (Å²) < 4.78 is 5.34. The summed E-state index contributed by atoms with van der Waals surface area (Å²) in [5.74, 6) is 1.24. The maximum atomic E-state index is 6.28. The van der Waals surface area contributed by atoms with Gasteiger partial charge in [-0.2, -0.15) is 0 Å². The van der Waals surface area contributed by atoms with Gasteiger partial charge in [0.15, 0.2) is 0 Å². The molecule has 1 aliphatic carbocycles. The van der Waals surface area contributed by atoms with Crippen LogP contribution in [0.15, 0.2) is 66.7 Å². The van der Waals surface area contributed by atoms with E-state index in [0.29, 0.717) is 22.0 Å². The molecule has 4 rings (SSSR count). The van der Waals surface area contributed by atoms with Crippen molar-refractivity contribution in [3.63, 3.8) is 0 Å². The van der Waals surface area contributed by atoms with Crippen molar-refractivity contribution in [3.8, 4) is 5.75 Å². The quantitative estimate of drug-likeness (QED) is 0.500. The van der Waals surface area contributed by atoms with E-state index in [1.54, 1.807) is 7.11 Å². The number of benzene rings is 3. The minimum atomic E-state index is 0.335. The Morgan fingerprint density at radius 2 is 1.71 bits per heavy atom. The Balaban J connectivity index is 1.56. The first kappa shape index (κ1) is 19.3. The summed E-state index contributed by atoms with van der Waals surface area (Å²) in [6.45, 7) is 0.813. The van der Waals surface area contributed by atoms with Crippen LogP contribution in [0.2, 0.25) is 10.0 Å². The van der Waals surface area contributed by atoms with Crippen molar-refractivity contribution in [2.75, 3.05) is 7.11 Å². The summed E-state index contributed by atoms with van der Waals surface area (Å²) in [5, 5.41) is 4.96. The number of methoxy groups -OCH3 is 1. The molecule has 0 fully saturated rings. The molecule has 0 saturated carbocycles. The highest BCUT2D eigenvalue weighted by molar-refractivity contribution is 6.42. The van der Waals surface area contributed by atoms with Crippen LogP contribution in [0.25, 0.3) is 0 Å². The molecular weight excluding hydrogens is 389 g/mol. The number of rotatable bonds is 5. The molecule has 0 amide bonds. The van der Waals surface area contributed by atoms with Crippen molar-refractivity contribution in [3.05, 3.63) is 99.0 Å². The Kier molecular flexibility index (Phi) is 5.91. The molecule has 0 spiro atoms. The van der Waals surface area contributed by atoms with Gasteiger partial charge in [-0.25, -0.2) is 0 Å². The fourth-order valence-electron chi connectivity index (χ4n) is 4.10. The van der Waals surface area contributed by atoms with Crippen LogP contribution < -0.4 is 10.1 Å². The van der Waals surface area contributed by atoms with Crippen molar-refractivity contribution in [1.82, 2.24) is 5.32 Å². The summed E-state index contributed by atoms with van der Waals surface area (Å²) >= 11 is 12.4. The molecule has 2 nitrogen and oxygen atoms in total. The Morgan fingerprint density at radius 1 is 0.893 bits per heavy atom. The van der Waals surface area contributed by atoms with Crippen LogP contribution >= 0.6 is 23.2 Å². The zero-order valence-electron chi connectivity index (χ0n) is 15.8. The molecule has 1 aliphatic rings. The lowest BCUT2D eigenvalue weighted by atomic mass is 9.76. The van der Waals surface area contributed by atoms with Crippen molar-refractivity contribution < 1.29 is 4.74 Å².